The highest BCUT2D eigenvalue weighted by Gasteiger charge is 2.13. The van der Waals surface area contributed by atoms with E-state index in [-0.39, 0.29) is 0 Å². The van der Waals surface area contributed by atoms with Gasteiger partial charge in [0.2, 0.25) is 0 Å². The van der Waals surface area contributed by atoms with Crippen molar-refractivity contribution in [2.24, 2.45) is 7.05 Å². The summed E-state index contributed by atoms with van der Waals surface area (Å²) in [6.07, 6.45) is 8.25. The van der Waals surface area contributed by atoms with Crippen molar-refractivity contribution in [2.45, 2.75) is 32.9 Å². The summed E-state index contributed by atoms with van der Waals surface area (Å²) < 4.78 is 2.05. The Bertz CT molecular complexity index is 500. The zero-order valence-corrected chi connectivity index (χ0v) is 12.0. The molecule has 2 aromatic rings. The van der Waals surface area contributed by atoms with Crippen LogP contribution >= 0.6 is 0 Å². The molecule has 0 saturated carbocycles. The number of aromatic nitrogens is 4. The summed E-state index contributed by atoms with van der Waals surface area (Å²) in [5.41, 5.74) is 2.13. The van der Waals surface area contributed by atoms with Crippen LogP contribution in [0.5, 0.6) is 0 Å². The van der Waals surface area contributed by atoms with Crippen molar-refractivity contribution in [3.63, 3.8) is 0 Å². The van der Waals surface area contributed by atoms with E-state index in [4.69, 9.17) is 0 Å². The van der Waals surface area contributed by atoms with E-state index in [1.54, 1.807) is 12.4 Å². The Morgan fingerprint density at radius 1 is 1.32 bits per heavy atom. The Labute approximate surface area is 114 Å². The number of likely N-dealkylation sites (N-methyl/N-ethyl adjacent to an activating group) is 1. The molecule has 5 nitrogen and oxygen atoms in total. The first-order valence-electron chi connectivity index (χ1n) is 6.50. The Kier molecular flexibility index (Phi) is 4.27. The SMILES string of the molecule is Cc1nc(CN(C)C(C)Cc2cnccn2)cn1C. The Morgan fingerprint density at radius 3 is 2.68 bits per heavy atom. The molecule has 0 aliphatic heterocycles. The maximum atomic E-state index is 4.53. The van der Waals surface area contributed by atoms with Gasteiger partial charge < -0.3 is 4.57 Å². The zero-order valence-electron chi connectivity index (χ0n) is 12.0. The summed E-state index contributed by atoms with van der Waals surface area (Å²) in [5.74, 6) is 1.05. The molecule has 102 valence electrons. The topological polar surface area (TPSA) is 46.8 Å². The number of rotatable bonds is 5. The number of aryl methyl sites for hydroxylation is 2. The lowest BCUT2D eigenvalue weighted by molar-refractivity contribution is 0.244. The second-order valence-corrected chi connectivity index (χ2v) is 5.06. The van der Waals surface area contributed by atoms with Gasteiger partial charge >= 0.3 is 0 Å². The Morgan fingerprint density at radius 2 is 2.11 bits per heavy atom. The molecule has 19 heavy (non-hydrogen) atoms. The average molecular weight is 259 g/mol. The van der Waals surface area contributed by atoms with E-state index in [0.717, 1.165) is 30.2 Å². The normalized spacial score (nSPS) is 12.9. The van der Waals surface area contributed by atoms with Gasteiger partial charge in [0.1, 0.15) is 5.82 Å². The molecule has 2 heterocycles. The van der Waals surface area contributed by atoms with Crippen LogP contribution in [0.4, 0.5) is 0 Å². The molecule has 0 amide bonds. The first-order valence-corrected chi connectivity index (χ1v) is 6.50. The highest BCUT2D eigenvalue weighted by atomic mass is 15.1. The van der Waals surface area contributed by atoms with Crippen LogP contribution in [-0.4, -0.2) is 37.5 Å². The average Bonchev–Trinajstić information content (AvgIpc) is 2.69. The first-order chi connectivity index (χ1) is 9.06. The lowest BCUT2D eigenvalue weighted by Gasteiger charge is -2.23. The van der Waals surface area contributed by atoms with Crippen molar-refractivity contribution >= 4 is 0 Å². The van der Waals surface area contributed by atoms with Crippen LogP contribution in [0.15, 0.2) is 24.8 Å². The van der Waals surface area contributed by atoms with E-state index < -0.39 is 0 Å². The Hall–Kier alpha value is -1.75. The summed E-state index contributed by atoms with van der Waals surface area (Å²) in [6, 6.07) is 0.402. The lowest BCUT2D eigenvalue weighted by atomic mass is 10.1. The molecule has 0 aliphatic carbocycles. The molecule has 0 spiro atoms. The quantitative estimate of drug-likeness (QED) is 0.818. The molecule has 2 rings (SSSR count). The van der Waals surface area contributed by atoms with Gasteiger partial charge in [-0.1, -0.05) is 0 Å². The third-order valence-electron chi connectivity index (χ3n) is 3.44. The minimum atomic E-state index is 0.402. The van der Waals surface area contributed by atoms with Crippen LogP contribution in [0.25, 0.3) is 0 Å². The van der Waals surface area contributed by atoms with Crippen LogP contribution < -0.4 is 0 Å². The first kappa shape index (κ1) is 13.7. The molecule has 0 aliphatic rings. The van der Waals surface area contributed by atoms with Crippen LogP contribution in [0, 0.1) is 6.92 Å². The minimum Gasteiger partial charge on any atom is -0.338 e. The van der Waals surface area contributed by atoms with Gasteiger partial charge in [-0.05, 0) is 20.9 Å². The minimum absolute atomic E-state index is 0.402. The van der Waals surface area contributed by atoms with Crippen molar-refractivity contribution < 1.29 is 0 Å². The van der Waals surface area contributed by atoms with Gasteiger partial charge in [-0.25, -0.2) is 4.98 Å². The van der Waals surface area contributed by atoms with Gasteiger partial charge in [0.25, 0.3) is 0 Å². The summed E-state index contributed by atoms with van der Waals surface area (Å²) in [5, 5.41) is 0. The monoisotopic (exact) mass is 259 g/mol. The molecule has 0 bridgehead atoms. The fourth-order valence-electron chi connectivity index (χ4n) is 2.01. The van der Waals surface area contributed by atoms with Crippen LogP contribution in [0.3, 0.4) is 0 Å². The van der Waals surface area contributed by atoms with Gasteiger partial charge in [0, 0.05) is 50.8 Å². The van der Waals surface area contributed by atoms with E-state index in [0.29, 0.717) is 6.04 Å². The molecule has 0 fully saturated rings. The summed E-state index contributed by atoms with van der Waals surface area (Å²) in [4.78, 5) is 15.2. The third-order valence-corrected chi connectivity index (χ3v) is 3.44. The van der Waals surface area contributed by atoms with Gasteiger partial charge in [-0.2, -0.15) is 0 Å². The second-order valence-electron chi connectivity index (χ2n) is 5.06. The summed E-state index contributed by atoms with van der Waals surface area (Å²) >= 11 is 0. The molecule has 0 radical (unpaired) electrons. The molecule has 1 unspecified atom stereocenters. The smallest absolute Gasteiger partial charge is 0.105 e. The van der Waals surface area contributed by atoms with Crippen molar-refractivity contribution in [3.8, 4) is 0 Å². The van der Waals surface area contributed by atoms with E-state index >= 15 is 0 Å². The van der Waals surface area contributed by atoms with Crippen molar-refractivity contribution in [1.82, 2.24) is 24.4 Å². The third kappa shape index (κ3) is 3.61. The predicted octanol–water partition coefficient (Wildman–Crippen LogP) is 1.58. The molecular weight excluding hydrogens is 238 g/mol. The fraction of sp³-hybridized carbons (Fsp3) is 0.500. The number of nitrogens with zero attached hydrogens (tertiary/aromatic N) is 5. The molecular formula is C14H21N5. The lowest BCUT2D eigenvalue weighted by Crippen LogP contribution is -2.30. The summed E-state index contributed by atoms with van der Waals surface area (Å²) in [7, 11) is 4.14. The Balaban J connectivity index is 1.94. The molecule has 1 atom stereocenters. The van der Waals surface area contributed by atoms with Crippen LogP contribution in [-0.2, 0) is 20.0 Å². The van der Waals surface area contributed by atoms with Gasteiger partial charge in [-0.15, -0.1) is 0 Å². The zero-order chi connectivity index (χ0) is 13.8. The molecule has 0 N–H and O–H groups in total. The van der Waals surface area contributed by atoms with E-state index in [9.17, 15) is 0 Å². The van der Waals surface area contributed by atoms with Crippen LogP contribution in [0.1, 0.15) is 24.1 Å². The number of imidazole rings is 1. The van der Waals surface area contributed by atoms with E-state index in [1.165, 1.54) is 0 Å². The standard InChI is InChI=1S/C14H21N5/c1-11(7-13-8-15-5-6-16-13)18(3)9-14-10-19(4)12(2)17-14/h5-6,8,10-11H,7,9H2,1-4H3. The fourth-order valence-corrected chi connectivity index (χ4v) is 2.01. The highest BCUT2D eigenvalue weighted by Crippen LogP contribution is 2.09. The molecule has 5 heteroatoms. The van der Waals surface area contributed by atoms with E-state index in [2.05, 4.69) is 44.6 Å². The molecule has 0 saturated heterocycles. The second kappa shape index (κ2) is 5.93. The largest absolute Gasteiger partial charge is 0.338 e. The number of hydrogen-bond acceptors (Lipinski definition) is 4. The van der Waals surface area contributed by atoms with Crippen molar-refractivity contribution in [3.05, 3.63) is 42.0 Å². The maximum Gasteiger partial charge on any atom is 0.105 e. The van der Waals surface area contributed by atoms with Gasteiger partial charge in [0.05, 0.1) is 11.4 Å². The molecule has 2 aromatic heterocycles. The van der Waals surface area contributed by atoms with Crippen molar-refractivity contribution in [2.75, 3.05) is 7.05 Å². The molecule has 0 aromatic carbocycles. The predicted molar refractivity (Wildman–Crippen MR) is 74.6 cm³/mol. The highest BCUT2D eigenvalue weighted by molar-refractivity contribution is 5.03. The van der Waals surface area contributed by atoms with Crippen LogP contribution in [0.2, 0.25) is 0 Å². The maximum absolute atomic E-state index is 4.53. The summed E-state index contributed by atoms with van der Waals surface area (Å²) in [6.45, 7) is 5.07. The van der Waals surface area contributed by atoms with Gasteiger partial charge in [-0.3, -0.25) is 14.9 Å². The van der Waals surface area contributed by atoms with E-state index in [1.807, 2.05) is 20.2 Å². The number of hydrogen-bond donors (Lipinski definition) is 0. The van der Waals surface area contributed by atoms with Gasteiger partial charge in [0.15, 0.2) is 0 Å². The van der Waals surface area contributed by atoms with Crippen molar-refractivity contribution in [1.29, 1.82) is 0 Å².